The van der Waals surface area contributed by atoms with Crippen LogP contribution in [0.15, 0.2) is 36.5 Å². The van der Waals surface area contributed by atoms with E-state index in [0.29, 0.717) is 4.47 Å². The summed E-state index contributed by atoms with van der Waals surface area (Å²) in [6.45, 7) is 4.78. The first-order valence-corrected chi connectivity index (χ1v) is 7.79. The summed E-state index contributed by atoms with van der Waals surface area (Å²) in [6, 6.07) is 10.3. The Kier molecular flexibility index (Phi) is 3.94. The molecule has 3 aromatic rings. The van der Waals surface area contributed by atoms with Crippen molar-refractivity contribution in [2.45, 2.75) is 20.4 Å². The second-order valence-electron chi connectivity index (χ2n) is 4.82. The van der Waals surface area contributed by atoms with Crippen LogP contribution in [0.5, 0.6) is 0 Å². The number of anilines is 1. The van der Waals surface area contributed by atoms with Gasteiger partial charge >= 0.3 is 0 Å². The van der Waals surface area contributed by atoms with E-state index in [4.69, 9.17) is 11.6 Å². The quantitative estimate of drug-likeness (QED) is 0.783. The molecule has 0 aliphatic carbocycles. The molecule has 6 heteroatoms. The molecule has 1 N–H and O–H groups in total. The molecule has 4 nitrogen and oxygen atoms in total. The minimum Gasteiger partial charge on any atom is -0.380 e. The topological polar surface area (TPSA) is 42.7 Å². The van der Waals surface area contributed by atoms with Gasteiger partial charge in [0.05, 0.1) is 17.9 Å². The number of nitrogens with one attached hydrogen (secondary N) is 1. The molecule has 2 heterocycles. The van der Waals surface area contributed by atoms with Gasteiger partial charge in [-0.1, -0.05) is 11.6 Å². The molecule has 1 aromatic carbocycles. The first-order valence-electron chi connectivity index (χ1n) is 6.59. The lowest BCUT2D eigenvalue weighted by Crippen LogP contribution is -2.00. The van der Waals surface area contributed by atoms with Crippen molar-refractivity contribution in [3.63, 3.8) is 0 Å². The summed E-state index contributed by atoms with van der Waals surface area (Å²) in [5.74, 6) is 0. The van der Waals surface area contributed by atoms with E-state index in [1.54, 1.807) is 6.20 Å². The summed E-state index contributed by atoms with van der Waals surface area (Å²) in [5, 5.41) is 7.84. The minimum absolute atomic E-state index is 0.576. The minimum atomic E-state index is 0.576. The van der Waals surface area contributed by atoms with Crippen LogP contribution in [0.3, 0.4) is 0 Å². The second-order valence-corrected chi connectivity index (χ2v) is 6.52. The lowest BCUT2D eigenvalue weighted by atomic mass is 10.2. The van der Waals surface area contributed by atoms with Crippen molar-refractivity contribution in [1.82, 2.24) is 14.8 Å². The molecule has 0 bridgehead atoms. The van der Waals surface area contributed by atoms with E-state index in [2.05, 4.69) is 52.7 Å². The molecule has 0 atom stereocenters. The number of thiazole rings is 1. The maximum absolute atomic E-state index is 5.82. The molecule has 0 unspecified atom stereocenters. The second kappa shape index (κ2) is 5.87. The van der Waals surface area contributed by atoms with Crippen LogP contribution in [0.25, 0.3) is 5.69 Å². The zero-order chi connectivity index (χ0) is 14.8. The fourth-order valence-electron chi connectivity index (χ4n) is 2.17. The van der Waals surface area contributed by atoms with Crippen molar-refractivity contribution in [3.05, 3.63) is 57.3 Å². The molecule has 0 saturated heterocycles. The van der Waals surface area contributed by atoms with Crippen molar-refractivity contribution in [2.75, 3.05) is 5.32 Å². The molecule has 3 rings (SSSR count). The van der Waals surface area contributed by atoms with Crippen LogP contribution in [-0.4, -0.2) is 14.8 Å². The zero-order valence-corrected chi connectivity index (χ0v) is 13.4. The van der Waals surface area contributed by atoms with Crippen molar-refractivity contribution in [2.24, 2.45) is 0 Å². The SMILES string of the molecule is Cc1cc(C)n(-c2ccc(NCc3cnc(Cl)s3)cc2)n1. The van der Waals surface area contributed by atoms with Crippen molar-refractivity contribution < 1.29 is 0 Å². The lowest BCUT2D eigenvalue weighted by molar-refractivity contribution is 0.833. The van der Waals surface area contributed by atoms with Crippen LogP contribution in [0, 0.1) is 13.8 Å². The molecule has 0 saturated carbocycles. The molecule has 0 radical (unpaired) electrons. The summed E-state index contributed by atoms with van der Waals surface area (Å²) in [4.78, 5) is 5.14. The average Bonchev–Trinajstić information content (AvgIpc) is 3.03. The Balaban J connectivity index is 1.70. The molecular formula is C15H15ClN4S. The summed E-state index contributed by atoms with van der Waals surface area (Å²) >= 11 is 7.31. The fourth-order valence-corrected chi connectivity index (χ4v) is 3.08. The summed E-state index contributed by atoms with van der Waals surface area (Å²) in [5.41, 5.74) is 4.28. The smallest absolute Gasteiger partial charge is 0.183 e. The molecular weight excluding hydrogens is 304 g/mol. The molecule has 21 heavy (non-hydrogen) atoms. The molecule has 0 amide bonds. The van der Waals surface area contributed by atoms with Gasteiger partial charge in [0.25, 0.3) is 0 Å². The van der Waals surface area contributed by atoms with E-state index in [0.717, 1.165) is 34.2 Å². The van der Waals surface area contributed by atoms with Crippen LogP contribution in [0.1, 0.15) is 16.3 Å². The Labute approximate surface area is 132 Å². The number of aromatic nitrogens is 3. The Bertz CT molecular complexity index is 745. The number of aryl methyl sites for hydroxylation is 2. The Morgan fingerprint density at radius 2 is 2.00 bits per heavy atom. The summed E-state index contributed by atoms with van der Waals surface area (Å²) in [6.07, 6.45) is 1.80. The predicted molar refractivity (Wildman–Crippen MR) is 87.5 cm³/mol. The van der Waals surface area contributed by atoms with Gasteiger partial charge in [0, 0.05) is 22.5 Å². The van der Waals surface area contributed by atoms with E-state index < -0.39 is 0 Å². The Morgan fingerprint density at radius 1 is 1.24 bits per heavy atom. The predicted octanol–water partition coefficient (Wildman–Crippen LogP) is 4.21. The standard InChI is InChI=1S/C15H15ClN4S/c1-10-7-11(2)20(19-10)13-5-3-12(4-6-13)17-8-14-9-18-15(16)21-14/h3-7,9,17H,8H2,1-2H3. The van der Waals surface area contributed by atoms with Crippen molar-refractivity contribution in [1.29, 1.82) is 0 Å². The number of nitrogens with zero attached hydrogens (tertiary/aromatic N) is 3. The maximum atomic E-state index is 5.82. The highest BCUT2D eigenvalue weighted by atomic mass is 35.5. The first-order chi connectivity index (χ1) is 10.1. The molecule has 0 spiro atoms. The molecule has 0 aliphatic heterocycles. The van der Waals surface area contributed by atoms with Gasteiger partial charge < -0.3 is 5.32 Å². The third kappa shape index (κ3) is 3.25. The van der Waals surface area contributed by atoms with Crippen LogP contribution >= 0.6 is 22.9 Å². The number of hydrogen-bond acceptors (Lipinski definition) is 4. The third-order valence-corrected chi connectivity index (χ3v) is 4.23. The zero-order valence-electron chi connectivity index (χ0n) is 11.8. The molecule has 0 fully saturated rings. The maximum Gasteiger partial charge on any atom is 0.183 e. The van der Waals surface area contributed by atoms with Crippen LogP contribution in [0.2, 0.25) is 4.47 Å². The van der Waals surface area contributed by atoms with Gasteiger partial charge in [-0.25, -0.2) is 9.67 Å². The highest BCUT2D eigenvalue weighted by molar-refractivity contribution is 7.15. The lowest BCUT2D eigenvalue weighted by Gasteiger charge is -2.07. The van der Waals surface area contributed by atoms with E-state index >= 15 is 0 Å². The number of hydrogen-bond donors (Lipinski definition) is 1. The van der Waals surface area contributed by atoms with Crippen LogP contribution in [0.4, 0.5) is 5.69 Å². The Morgan fingerprint density at radius 3 is 2.57 bits per heavy atom. The normalized spacial score (nSPS) is 10.8. The number of rotatable bonds is 4. The monoisotopic (exact) mass is 318 g/mol. The van der Waals surface area contributed by atoms with E-state index in [9.17, 15) is 0 Å². The summed E-state index contributed by atoms with van der Waals surface area (Å²) < 4.78 is 2.52. The van der Waals surface area contributed by atoms with Crippen LogP contribution in [-0.2, 0) is 6.54 Å². The van der Waals surface area contributed by atoms with E-state index in [1.165, 1.54) is 11.3 Å². The number of benzene rings is 1. The molecule has 2 aromatic heterocycles. The van der Waals surface area contributed by atoms with Gasteiger partial charge in [0.15, 0.2) is 4.47 Å². The average molecular weight is 319 g/mol. The van der Waals surface area contributed by atoms with Gasteiger partial charge in [-0.05, 0) is 44.2 Å². The van der Waals surface area contributed by atoms with Crippen LogP contribution < -0.4 is 5.32 Å². The fraction of sp³-hybridized carbons (Fsp3) is 0.200. The third-order valence-electron chi connectivity index (χ3n) is 3.11. The van der Waals surface area contributed by atoms with E-state index in [1.807, 2.05) is 11.6 Å². The van der Waals surface area contributed by atoms with Crippen molar-refractivity contribution in [3.8, 4) is 5.69 Å². The van der Waals surface area contributed by atoms with E-state index in [-0.39, 0.29) is 0 Å². The van der Waals surface area contributed by atoms with Gasteiger partial charge in [-0.15, -0.1) is 11.3 Å². The van der Waals surface area contributed by atoms with Gasteiger partial charge in [-0.2, -0.15) is 5.10 Å². The highest BCUT2D eigenvalue weighted by Gasteiger charge is 2.04. The van der Waals surface area contributed by atoms with Crippen molar-refractivity contribution >= 4 is 28.6 Å². The highest BCUT2D eigenvalue weighted by Crippen LogP contribution is 2.20. The largest absolute Gasteiger partial charge is 0.380 e. The first kappa shape index (κ1) is 14.1. The molecule has 108 valence electrons. The van der Waals surface area contributed by atoms with Gasteiger partial charge in [0.2, 0.25) is 0 Å². The van der Waals surface area contributed by atoms with Gasteiger partial charge in [-0.3, -0.25) is 0 Å². The molecule has 0 aliphatic rings. The number of halogens is 1. The Hall–Kier alpha value is -1.85. The summed E-state index contributed by atoms with van der Waals surface area (Å²) in [7, 11) is 0. The van der Waals surface area contributed by atoms with Gasteiger partial charge in [0.1, 0.15) is 0 Å².